The third-order valence-electron chi connectivity index (χ3n) is 6.01. The second-order valence-corrected chi connectivity index (χ2v) is 7.55. The van der Waals surface area contributed by atoms with E-state index < -0.39 is 0 Å². The Bertz CT molecular complexity index is 782. The number of nitrogens with zero attached hydrogens (tertiary/aromatic N) is 2. The van der Waals surface area contributed by atoms with Crippen LogP contribution in [0.2, 0.25) is 0 Å². The predicted molar refractivity (Wildman–Crippen MR) is 99.5 cm³/mol. The molecule has 3 N–H and O–H groups in total. The van der Waals surface area contributed by atoms with Crippen molar-refractivity contribution in [1.82, 2.24) is 15.3 Å². The van der Waals surface area contributed by atoms with E-state index in [1.54, 1.807) is 24.7 Å². The molecular weight excluding hydrogens is 328 g/mol. The zero-order valence-corrected chi connectivity index (χ0v) is 14.7. The van der Waals surface area contributed by atoms with Gasteiger partial charge in [0.15, 0.2) is 0 Å². The molecule has 2 amide bonds. The SMILES string of the molecule is O=C(NCC1(CO)CC2CCC1C2)Nc1cccnc1-c1cccnc1. The summed E-state index contributed by atoms with van der Waals surface area (Å²) in [5.41, 5.74) is 2.03. The number of hydrogen-bond acceptors (Lipinski definition) is 4. The molecule has 4 rings (SSSR count). The van der Waals surface area contributed by atoms with Gasteiger partial charge in [-0.05, 0) is 55.4 Å². The molecule has 2 aromatic rings. The Labute approximate surface area is 153 Å². The van der Waals surface area contributed by atoms with Gasteiger partial charge in [0.2, 0.25) is 0 Å². The minimum absolute atomic E-state index is 0.141. The number of carbonyl (C=O) groups excluding carboxylic acids is 1. The first kappa shape index (κ1) is 17.0. The van der Waals surface area contributed by atoms with Crippen LogP contribution in [0.1, 0.15) is 25.7 Å². The topological polar surface area (TPSA) is 87.1 Å². The Morgan fingerprint density at radius 2 is 2.15 bits per heavy atom. The van der Waals surface area contributed by atoms with Crippen LogP contribution in [0, 0.1) is 17.3 Å². The lowest BCUT2D eigenvalue weighted by atomic mass is 9.73. The van der Waals surface area contributed by atoms with Crippen LogP contribution in [0.25, 0.3) is 11.3 Å². The largest absolute Gasteiger partial charge is 0.396 e. The van der Waals surface area contributed by atoms with Gasteiger partial charge in [-0.3, -0.25) is 9.97 Å². The Morgan fingerprint density at radius 1 is 1.27 bits per heavy atom. The van der Waals surface area contributed by atoms with Gasteiger partial charge in [0, 0.05) is 36.1 Å². The third kappa shape index (κ3) is 3.17. The first-order chi connectivity index (χ1) is 12.7. The number of pyridine rings is 2. The van der Waals surface area contributed by atoms with Crippen molar-refractivity contribution in [3.63, 3.8) is 0 Å². The number of fused-ring (bicyclic) bond motifs is 2. The van der Waals surface area contributed by atoms with Gasteiger partial charge in [-0.1, -0.05) is 6.42 Å². The summed E-state index contributed by atoms with van der Waals surface area (Å²) in [6.45, 7) is 0.654. The maximum Gasteiger partial charge on any atom is 0.319 e. The van der Waals surface area contributed by atoms with Crippen LogP contribution >= 0.6 is 0 Å². The van der Waals surface area contributed by atoms with Crippen molar-refractivity contribution in [2.75, 3.05) is 18.5 Å². The quantitative estimate of drug-likeness (QED) is 0.772. The molecule has 2 bridgehead atoms. The van der Waals surface area contributed by atoms with Crippen molar-refractivity contribution in [2.24, 2.45) is 17.3 Å². The highest BCUT2D eigenvalue weighted by Gasteiger charge is 2.50. The monoisotopic (exact) mass is 352 g/mol. The maximum atomic E-state index is 12.5. The zero-order valence-electron chi connectivity index (χ0n) is 14.7. The summed E-state index contributed by atoms with van der Waals surface area (Å²) in [6, 6.07) is 7.11. The number of aliphatic hydroxyl groups excluding tert-OH is 1. The summed E-state index contributed by atoms with van der Waals surface area (Å²) < 4.78 is 0. The number of amides is 2. The fourth-order valence-corrected chi connectivity index (χ4v) is 4.69. The Kier molecular flexibility index (Phi) is 4.59. The first-order valence-electron chi connectivity index (χ1n) is 9.21. The lowest BCUT2D eigenvalue weighted by Gasteiger charge is -2.36. The maximum absolute atomic E-state index is 12.5. The van der Waals surface area contributed by atoms with E-state index in [0.29, 0.717) is 29.8 Å². The summed E-state index contributed by atoms with van der Waals surface area (Å²) >= 11 is 0. The molecule has 2 heterocycles. The summed E-state index contributed by atoms with van der Waals surface area (Å²) in [7, 11) is 0. The van der Waals surface area contributed by atoms with E-state index in [0.717, 1.165) is 12.0 Å². The van der Waals surface area contributed by atoms with E-state index in [-0.39, 0.29) is 18.1 Å². The highest BCUT2D eigenvalue weighted by atomic mass is 16.3. The number of hydrogen-bond donors (Lipinski definition) is 3. The summed E-state index contributed by atoms with van der Waals surface area (Å²) in [6.07, 6.45) is 9.77. The van der Waals surface area contributed by atoms with Gasteiger partial charge >= 0.3 is 6.03 Å². The number of anilines is 1. The summed E-state index contributed by atoms with van der Waals surface area (Å²) in [5.74, 6) is 1.25. The van der Waals surface area contributed by atoms with E-state index in [1.807, 2.05) is 18.2 Å². The van der Waals surface area contributed by atoms with Crippen molar-refractivity contribution in [3.05, 3.63) is 42.9 Å². The van der Waals surface area contributed by atoms with Gasteiger partial charge < -0.3 is 15.7 Å². The van der Waals surface area contributed by atoms with Gasteiger partial charge in [-0.25, -0.2) is 4.79 Å². The molecule has 6 heteroatoms. The van der Waals surface area contributed by atoms with Gasteiger partial charge in [0.1, 0.15) is 0 Å². The Balaban J connectivity index is 1.43. The second-order valence-electron chi connectivity index (χ2n) is 7.55. The summed E-state index contributed by atoms with van der Waals surface area (Å²) in [5, 5.41) is 15.8. The molecule has 26 heavy (non-hydrogen) atoms. The van der Waals surface area contributed by atoms with E-state index in [2.05, 4.69) is 20.6 Å². The molecule has 136 valence electrons. The van der Waals surface area contributed by atoms with Gasteiger partial charge in [0.25, 0.3) is 0 Å². The van der Waals surface area contributed by atoms with Crippen LogP contribution in [0.5, 0.6) is 0 Å². The highest BCUT2D eigenvalue weighted by Crippen LogP contribution is 2.55. The molecule has 2 aromatic heterocycles. The molecule has 0 radical (unpaired) electrons. The highest BCUT2D eigenvalue weighted by molar-refractivity contribution is 5.93. The van der Waals surface area contributed by atoms with E-state index in [9.17, 15) is 9.90 Å². The second kappa shape index (κ2) is 7.03. The molecule has 0 saturated heterocycles. The van der Waals surface area contributed by atoms with Crippen molar-refractivity contribution in [1.29, 1.82) is 0 Å². The lowest BCUT2D eigenvalue weighted by Crippen LogP contribution is -2.44. The van der Waals surface area contributed by atoms with Crippen molar-refractivity contribution in [3.8, 4) is 11.3 Å². The molecule has 2 saturated carbocycles. The molecular formula is C20H24N4O2. The first-order valence-corrected chi connectivity index (χ1v) is 9.21. The van der Waals surface area contributed by atoms with Crippen LogP contribution in [-0.4, -0.2) is 34.3 Å². The Hall–Kier alpha value is -2.47. The lowest BCUT2D eigenvalue weighted by molar-refractivity contribution is 0.0673. The van der Waals surface area contributed by atoms with Crippen LogP contribution in [0.4, 0.5) is 10.5 Å². The number of rotatable bonds is 5. The molecule has 6 nitrogen and oxygen atoms in total. The number of urea groups is 1. The standard InChI is InChI=1S/C20H24N4O2/c25-13-20(10-14-5-6-16(20)9-14)12-23-19(26)24-17-4-2-8-22-18(17)15-3-1-7-21-11-15/h1-4,7-8,11,14,16,25H,5-6,9-10,12-13H2,(H2,23,24,26). The van der Waals surface area contributed by atoms with Crippen LogP contribution < -0.4 is 10.6 Å². The van der Waals surface area contributed by atoms with Crippen LogP contribution in [-0.2, 0) is 0 Å². The fourth-order valence-electron chi connectivity index (χ4n) is 4.69. The van der Waals surface area contributed by atoms with Crippen molar-refractivity contribution < 1.29 is 9.90 Å². The molecule has 2 aliphatic carbocycles. The predicted octanol–water partition coefficient (Wildman–Crippen LogP) is 3.06. The summed E-state index contributed by atoms with van der Waals surface area (Å²) in [4.78, 5) is 21.0. The average molecular weight is 352 g/mol. The van der Waals surface area contributed by atoms with Crippen LogP contribution in [0.3, 0.4) is 0 Å². The number of carbonyl (C=O) groups is 1. The molecule has 3 atom stereocenters. The fraction of sp³-hybridized carbons (Fsp3) is 0.450. The molecule has 2 aliphatic rings. The van der Waals surface area contributed by atoms with E-state index in [1.165, 1.54) is 19.3 Å². The third-order valence-corrected chi connectivity index (χ3v) is 6.01. The number of aromatic nitrogens is 2. The van der Waals surface area contributed by atoms with Crippen molar-refractivity contribution in [2.45, 2.75) is 25.7 Å². The molecule has 0 spiro atoms. The van der Waals surface area contributed by atoms with Crippen molar-refractivity contribution >= 4 is 11.7 Å². The Morgan fingerprint density at radius 3 is 2.85 bits per heavy atom. The van der Waals surface area contributed by atoms with E-state index in [4.69, 9.17) is 0 Å². The number of aliphatic hydroxyl groups is 1. The van der Waals surface area contributed by atoms with Crippen LogP contribution in [0.15, 0.2) is 42.9 Å². The van der Waals surface area contributed by atoms with Gasteiger partial charge in [-0.2, -0.15) is 0 Å². The van der Waals surface area contributed by atoms with Gasteiger partial charge in [0.05, 0.1) is 18.0 Å². The average Bonchev–Trinajstić information content (AvgIpc) is 3.29. The molecule has 3 unspecified atom stereocenters. The number of nitrogens with one attached hydrogen (secondary N) is 2. The smallest absolute Gasteiger partial charge is 0.319 e. The minimum atomic E-state index is -0.265. The minimum Gasteiger partial charge on any atom is -0.396 e. The zero-order chi connectivity index (χ0) is 18.0. The van der Waals surface area contributed by atoms with E-state index >= 15 is 0 Å². The molecule has 0 aliphatic heterocycles. The molecule has 2 fully saturated rings. The van der Waals surface area contributed by atoms with Gasteiger partial charge in [-0.15, -0.1) is 0 Å². The normalized spacial score (nSPS) is 26.7. The molecule has 0 aromatic carbocycles.